The number of hydrogen-bond donors (Lipinski definition) is 1. The molecule has 0 spiro atoms. The van der Waals surface area contributed by atoms with Gasteiger partial charge in [0.25, 0.3) is 0 Å². The third-order valence-corrected chi connectivity index (χ3v) is 6.16. The molecule has 2 saturated carbocycles. The number of hydrogen-bond acceptors (Lipinski definition) is 6. The van der Waals surface area contributed by atoms with Gasteiger partial charge in [-0.25, -0.2) is 0 Å². The predicted molar refractivity (Wildman–Crippen MR) is 88.8 cm³/mol. The Morgan fingerprint density at radius 1 is 1.31 bits per heavy atom. The summed E-state index contributed by atoms with van der Waals surface area (Å²) in [4.78, 5) is 32.2. The van der Waals surface area contributed by atoms with Crippen molar-refractivity contribution in [3.05, 3.63) is 35.4 Å². The number of carbonyl (C=O) groups excluding carboxylic acids is 2. The monoisotopic (exact) mass is 351 g/mol. The van der Waals surface area contributed by atoms with Crippen LogP contribution in [0, 0.1) is 35.0 Å². The summed E-state index contributed by atoms with van der Waals surface area (Å²) in [6.45, 7) is -0.0432. The predicted octanol–water partition coefficient (Wildman–Crippen LogP) is 1.08. The van der Waals surface area contributed by atoms with Gasteiger partial charge < -0.3 is 4.74 Å². The second kappa shape index (κ2) is 5.32. The summed E-state index contributed by atoms with van der Waals surface area (Å²) >= 11 is 0. The Morgan fingerprint density at radius 3 is 2.88 bits per heavy atom. The van der Waals surface area contributed by atoms with Gasteiger partial charge in [0.1, 0.15) is 17.9 Å². The van der Waals surface area contributed by atoms with Crippen molar-refractivity contribution in [1.29, 1.82) is 5.26 Å². The van der Waals surface area contributed by atoms with Crippen LogP contribution in [0.2, 0.25) is 0 Å². The first-order valence-corrected chi connectivity index (χ1v) is 8.69. The van der Waals surface area contributed by atoms with Crippen molar-refractivity contribution in [3.8, 4) is 11.8 Å². The number of nitrogens with zero attached hydrogens (tertiary/aromatic N) is 2. The van der Waals surface area contributed by atoms with Gasteiger partial charge in [0.05, 0.1) is 17.5 Å². The Hall–Kier alpha value is -2.85. The third kappa shape index (κ3) is 1.80. The lowest BCUT2D eigenvalue weighted by molar-refractivity contribution is -0.139. The highest BCUT2D eigenvalue weighted by molar-refractivity contribution is 6.06. The van der Waals surface area contributed by atoms with Gasteiger partial charge in [0, 0.05) is 18.5 Å². The van der Waals surface area contributed by atoms with Crippen molar-refractivity contribution < 1.29 is 19.2 Å². The van der Waals surface area contributed by atoms with E-state index < -0.39 is 0 Å². The van der Waals surface area contributed by atoms with Crippen molar-refractivity contribution in [3.63, 3.8) is 0 Å². The minimum Gasteiger partial charge on any atom is -0.478 e. The summed E-state index contributed by atoms with van der Waals surface area (Å²) in [5.74, 6) is -0.0884. The molecule has 0 aromatic heterocycles. The minimum atomic E-state index is -0.283. The zero-order chi connectivity index (χ0) is 18.0. The first-order valence-electron chi connectivity index (χ1n) is 8.69. The van der Waals surface area contributed by atoms with Crippen LogP contribution < -0.4 is 10.2 Å². The zero-order valence-corrected chi connectivity index (χ0v) is 14.1. The fourth-order valence-corrected chi connectivity index (χ4v) is 5.17. The average molecular weight is 351 g/mol. The highest BCUT2D eigenvalue weighted by Crippen LogP contribution is 2.61. The number of nitrogens with one attached hydrogen (secondary N) is 1. The molecule has 7 heteroatoms. The van der Waals surface area contributed by atoms with E-state index in [9.17, 15) is 9.59 Å². The molecule has 2 aliphatic heterocycles. The molecule has 1 aromatic rings. The summed E-state index contributed by atoms with van der Waals surface area (Å²) < 4.78 is 5.55. The number of ether oxygens (including phenoxy) is 1. The molecule has 0 unspecified atom stereocenters. The van der Waals surface area contributed by atoms with Crippen LogP contribution in [-0.2, 0) is 14.4 Å². The first kappa shape index (κ1) is 15.4. The van der Waals surface area contributed by atoms with Crippen LogP contribution in [0.25, 0.3) is 5.70 Å². The molecule has 1 aromatic carbocycles. The van der Waals surface area contributed by atoms with Gasteiger partial charge in [0.2, 0.25) is 11.8 Å². The van der Waals surface area contributed by atoms with E-state index in [1.54, 1.807) is 7.05 Å². The lowest BCUT2D eigenvalue weighted by Crippen LogP contribution is -2.35. The molecule has 2 heterocycles. The van der Waals surface area contributed by atoms with Crippen LogP contribution in [0.3, 0.4) is 0 Å². The van der Waals surface area contributed by atoms with E-state index in [1.807, 2.05) is 30.3 Å². The van der Waals surface area contributed by atoms with E-state index >= 15 is 0 Å². The average Bonchev–Trinajstić information content (AvgIpc) is 3.38. The van der Waals surface area contributed by atoms with Gasteiger partial charge in [-0.15, -0.1) is 0 Å². The lowest BCUT2D eigenvalue weighted by atomic mass is 9.76. The molecule has 26 heavy (non-hydrogen) atoms. The summed E-state index contributed by atoms with van der Waals surface area (Å²) in [6.07, 6.45) is 0.607. The highest BCUT2D eigenvalue weighted by Gasteiger charge is 2.67. The van der Waals surface area contributed by atoms with Gasteiger partial charge in [-0.2, -0.15) is 5.26 Å². The van der Waals surface area contributed by atoms with Gasteiger partial charge in [-0.1, -0.05) is 12.1 Å². The molecular weight excluding hydrogens is 334 g/mol. The number of benzene rings is 1. The molecule has 7 nitrogen and oxygen atoms in total. The first-order chi connectivity index (χ1) is 12.6. The molecular formula is C19H17N3O4. The molecule has 132 valence electrons. The van der Waals surface area contributed by atoms with Crippen LogP contribution in [-0.4, -0.2) is 36.5 Å². The Balaban J connectivity index is 1.58. The normalized spacial score (nSPS) is 34.0. The van der Waals surface area contributed by atoms with E-state index in [1.165, 1.54) is 4.90 Å². The maximum Gasteiger partial charge on any atom is 0.233 e. The molecule has 1 N–H and O–H groups in total. The quantitative estimate of drug-likeness (QED) is 0.820. The number of fused-ring (bicyclic) bond motifs is 8. The van der Waals surface area contributed by atoms with E-state index in [0.717, 1.165) is 23.3 Å². The van der Waals surface area contributed by atoms with Crippen LogP contribution in [0.15, 0.2) is 29.8 Å². The smallest absolute Gasteiger partial charge is 0.233 e. The summed E-state index contributed by atoms with van der Waals surface area (Å²) in [5, 5.41) is 8.80. The fourth-order valence-electron chi connectivity index (χ4n) is 5.17. The number of hydroxylamine groups is 1. The van der Waals surface area contributed by atoms with E-state index in [-0.39, 0.29) is 48.2 Å². The van der Waals surface area contributed by atoms with Crippen molar-refractivity contribution in [2.75, 3.05) is 13.7 Å². The van der Waals surface area contributed by atoms with Crippen LogP contribution in [0.5, 0.6) is 5.75 Å². The van der Waals surface area contributed by atoms with Gasteiger partial charge in [-0.05, 0) is 30.0 Å². The van der Waals surface area contributed by atoms with Crippen molar-refractivity contribution in [1.82, 2.24) is 10.4 Å². The summed E-state index contributed by atoms with van der Waals surface area (Å²) in [7, 11) is 1.57. The van der Waals surface area contributed by atoms with E-state index in [4.69, 9.17) is 14.8 Å². The van der Waals surface area contributed by atoms with Crippen molar-refractivity contribution in [2.45, 2.75) is 12.5 Å². The molecule has 2 aliphatic carbocycles. The van der Waals surface area contributed by atoms with Crippen molar-refractivity contribution >= 4 is 17.5 Å². The van der Waals surface area contributed by atoms with E-state index in [2.05, 4.69) is 5.48 Å². The van der Waals surface area contributed by atoms with Gasteiger partial charge in [0.15, 0.2) is 6.61 Å². The third-order valence-electron chi connectivity index (χ3n) is 6.16. The summed E-state index contributed by atoms with van der Waals surface area (Å²) in [6, 6.07) is 9.43. The molecule has 3 fully saturated rings. The van der Waals surface area contributed by atoms with Crippen LogP contribution in [0.1, 0.15) is 12.0 Å². The van der Waals surface area contributed by atoms with Crippen LogP contribution >= 0.6 is 0 Å². The van der Waals surface area contributed by atoms with E-state index in [0.29, 0.717) is 5.75 Å². The molecule has 5 rings (SSSR count). The molecule has 2 amide bonds. The molecule has 4 aliphatic rings. The lowest BCUT2D eigenvalue weighted by Gasteiger charge is -2.26. The number of carbonyl (C=O) groups is 2. The topological polar surface area (TPSA) is 91.7 Å². The van der Waals surface area contributed by atoms with Crippen LogP contribution in [0.4, 0.5) is 0 Å². The number of likely N-dealkylation sites (tertiary alicyclic amines) is 1. The van der Waals surface area contributed by atoms with Crippen molar-refractivity contribution in [2.24, 2.45) is 23.7 Å². The second-order valence-corrected chi connectivity index (χ2v) is 7.21. The number of rotatable bonds is 3. The highest BCUT2D eigenvalue weighted by atomic mass is 16.7. The Bertz CT molecular complexity index is 902. The Labute approximate surface area is 150 Å². The number of amides is 2. The summed E-state index contributed by atoms with van der Waals surface area (Å²) in [5.41, 5.74) is 5.68. The molecule has 1 saturated heterocycles. The SMILES string of the molecule is CN1C(=O)[C@@H]2[C@H]3C[C@H](C4=C(c5ccccc5OCC#N)NO[C@@H]43)[C@@H]2C1=O. The number of para-hydroxylation sites is 1. The standard InChI is InChI=1S/C19H17N3O4/c1-22-18(23)13-10-8-11(14(13)19(22)24)17-15(10)16(21-26-17)9-4-2-3-5-12(9)25-7-6-20/h2-5,10-11,13-14,17,21H,7-8H2,1H3/t10-,11+,13-,14+,17+/m0/s1. The maximum atomic E-state index is 12.6. The largest absolute Gasteiger partial charge is 0.478 e. The molecule has 5 atom stereocenters. The maximum absolute atomic E-state index is 12.6. The number of imide groups is 1. The molecule has 2 bridgehead atoms. The molecule has 0 radical (unpaired) electrons. The minimum absolute atomic E-state index is 0.00502. The second-order valence-electron chi connectivity index (χ2n) is 7.21. The fraction of sp³-hybridized carbons (Fsp3) is 0.421. The van der Waals surface area contributed by atoms with Gasteiger partial charge in [-0.3, -0.25) is 24.8 Å². The van der Waals surface area contributed by atoms with Gasteiger partial charge >= 0.3 is 0 Å². The zero-order valence-electron chi connectivity index (χ0n) is 14.1. The Morgan fingerprint density at radius 2 is 2.08 bits per heavy atom. The Kier molecular flexibility index (Phi) is 3.15. The number of nitriles is 1.